The van der Waals surface area contributed by atoms with Gasteiger partial charge >= 0.3 is 0 Å². The maximum atomic E-state index is 2.38. The molecule has 0 nitrogen and oxygen atoms in total. The van der Waals surface area contributed by atoms with E-state index in [0.29, 0.717) is 5.41 Å². The van der Waals surface area contributed by atoms with Gasteiger partial charge in [-0.1, -0.05) is 42.9 Å². The van der Waals surface area contributed by atoms with Gasteiger partial charge in [-0.15, -0.1) is 0 Å². The predicted molar refractivity (Wildman–Crippen MR) is 43.7 cm³/mol. The fourth-order valence-corrected chi connectivity index (χ4v) is 1.54. The Morgan fingerprint density at radius 1 is 1.50 bits per heavy atom. The molecule has 2 rings (SSSR count). The van der Waals surface area contributed by atoms with E-state index < -0.39 is 0 Å². The molecule has 1 spiro atoms. The average Bonchev–Trinajstić information content (AvgIpc) is 2.29. The molecule has 0 saturated carbocycles. The van der Waals surface area contributed by atoms with Gasteiger partial charge in [0, 0.05) is 5.41 Å². The highest BCUT2D eigenvalue weighted by Gasteiger charge is 2.28. The van der Waals surface area contributed by atoms with Gasteiger partial charge in [-0.25, -0.2) is 0 Å². The van der Waals surface area contributed by atoms with Gasteiger partial charge in [0.15, 0.2) is 0 Å². The Balaban J connectivity index is 2.26. The third kappa shape index (κ3) is 0.683. The molecule has 52 valence electrons. The molecule has 0 fully saturated rings. The summed E-state index contributed by atoms with van der Waals surface area (Å²) in [7, 11) is 0. The second-order valence-corrected chi connectivity index (χ2v) is 3.13. The summed E-state index contributed by atoms with van der Waals surface area (Å²) in [6.45, 7) is 2.21. The lowest BCUT2D eigenvalue weighted by molar-refractivity contribution is 0.589. The molecule has 0 aromatic heterocycles. The van der Waals surface area contributed by atoms with Crippen LogP contribution in [0.15, 0.2) is 36.0 Å². The Kier molecular flexibility index (Phi) is 1.10. The van der Waals surface area contributed by atoms with Crippen molar-refractivity contribution < 1.29 is 0 Å². The largest absolute Gasteiger partial charge is 0.0859 e. The standard InChI is InChI=1S/C10H12/c1-2-9-4-7-10(8-9)5-3-6-10/h3-5,7-8H,2,6H2,1H3. The highest BCUT2D eigenvalue weighted by molar-refractivity contribution is 5.42. The van der Waals surface area contributed by atoms with E-state index >= 15 is 0 Å². The van der Waals surface area contributed by atoms with Gasteiger partial charge in [0.25, 0.3) is 0 Å². The first-order valence-electron chi connectivity index (χ1n) is 3.93. The molecule has 1 unspecified atom stereocenters. The van der Waals surface area contributed by atoms with Gasteiger partial charge in [0.2, 0.25) is 0 Å². The Morgan fingerprint density at radius 2 is 2.30 bits per heavy atom. The first kappa shape index (κ1) is 5.96. The summed E-state index contributed by atoms with van der Waals surface area (Å²) in [5.41, 5.74) is 1.86. The zero-order chi connectivity index (χ0) is 7.03. The third-order valence-corrected chi connectivity index (χ3v) is 2.37. The van der Waals surface area contributed by atoms with E-state index in [2.05, 4.69) is 37.3 Å². The molecule has 0 radical (unpaired) electrons. The second-order valence-electron chi connectivity index (χ2n) is 3.13. The smallest absolute Gasteiger partial charge is 0.0285 e. The lowest BCUT2D eigenvalue weighted by Crippen LogP contribution is -2.14. The predicted octanol–water partition coefficient (Wildman–Crippen LogP) is 2.84. The van der Waals surface area contributed by atoms with Crippen molar-refractivity contribution in [2.75, 3.05) is 0 Å². The Hall–Kier alpha value is -0.780. The minimum atomic E-state index is 0.366. The van der Waals surface area contributed by atoms with Crippen molar-refractivity contribution in [3.05, 3.63) is 36.0 Å². The quantitative estimate of drug-likeness (QED) is 0.481. The molecule has 2 aliphatic rings. The summed E-state index contributed by atoms with van der Waals surface area (Å²) < 4.78 is 0. The summed E-state index contributed by atoms with van der Waals surface area (Å²) >= 11 is 0. The summed E-state index contributed by atoms with van der Waals surface area (Å²) in [4.78, 5) is 0. The minimum Gasteiger partial charge on any atom is -0.0859 e. The molecule has 0 heteroatoms. The molecule has 0 aromatic carbocycles. The molecule has 1 atom stereocenters. The molecule has 2 aliphatic carbocycles. The van der Waals surface area contributed by atoms with E-state index in [4.69, 9.17) is 0 Å². The summed E-state index contributed by atoms with van der Waals surface area (Å²) in [6.07, 6.45) is 13.9. The molecule has 0 bridgehead atoms. The van der Waals surface area contributed by atoms with Crippen molar-refractivity contribution in [2.24, 2.45) is 5.41 Å². The van der Waals surface area contributed by atoms with Crippen LogP contribution >= 0.6 is 0 Å². The van der Waals surface area contributed by atoms with Crippen LogP contribution in [-0.4, -0.2) is 0 Å². The van der Waals surface area contributed by atoms with Crippen molar-refractivity contribution in [2.45, 2.75) is 19.8 Å². The first-order chi connectivity index (χ1) is 4.85. The molecule has 10 heavy (non-hydrogen) atoms. The number of hydrogen-bond donors (Lipinski definition) is 0. The number of rotatable bonds is 1. The van der Waals surface area contributed by atoms with Crippen LogP contribution in [0.3, 0.4) is 0 Å². The zero-order valence-corrected chi connectivity index (χ0v) is 6.30. The average molecular weight is 132 g/mol. The van der Waals surface area contributed by atoms with E-state index in [1.807, 2.05) is 0 Å². The monoisotopic (exact) mass is 132 g/mol. The zero-order valence-electron chi connectivity index (χ0n) is 6.30. The summed E-state index contributed by atoms with van der Waals surface area (Å²) in [5, 5.41) is 0. The van der Waals surface area contributed by atoms with Crippen LogP contribution < -0.4 is 0 Å². The Bertz CT molecular complexity index is 230. The molecule has 0 heterocycles. The van der Waals surface area contributed by atoms with E-state index in [1.165, 1.54) is 18.4 Å². The first-order valence-corrected chi connectivity index (χ1v) is 3.93. The van der Waals surface area contributed by atoms with Crippen molar-refractivity contribution in [3.8, 4) is 0 Å². The van der Waals surface area contributed by atoms with Crippen molar-refractivity contribution >= 4 is 0 Å². The van der Waals surface area contributed by atoms with Crippen LogP contribution in [0.5, 0.6) is 0 Å². The normalized spacial score (nSPS) is 34.7. The van der Waals surface area contributed by atoms with Gasteiger partial charge < -0.3 is 0 Å². The Labute approximate surface area is 61.9 Å². The summed E-state index contributed by atoms with van der Waals surface area (Å²) in [5.74, 6) is 0. The number of allylic oxidation sites excluding steroid dienone is 6. The Morgan fingerprint density at radius 3 is 2.60 bits per heavy atom. The van der Waals surface area contributed by atoms with E-state index in [-0.39, 0.29) is 0 Å². The minimum absolute atomic E-state index is 0.366. The van der Waals surface area contributed by atoms with Crippen LogP contribution in [0, 0.1) is 5.41 Å². The van der Waals surface area contributed by atoms with E-state index in [0.717, 1.165) is 0 Å². The van der Waals surface area contributed by atoms with Gasteiger partial charge in [0.1, 0.15) is 0 Å². The van der Waals surface area contributed by atoms with Crippen LogP contribution in [0.25, 0.3) is 0 Å². The van der Waals surface area contributed by atoms with Crippen LogP contribution in [0.4, 0.5) is 0 Å². The molecule has 0 aliphatic heterocycles. The lowest BCUT2D eigenvalue weighted by Gasteiger charge is -2.26. The van der Waals surface area contributed by atoms with Crippen LogP contribution in [0.2, 0.25) is 0 Å². The number of hydrogen-bond acceptors (Lipinski definition) is 0. The van der Waals surface area contributed by atoms with Crippen molar-refractivity contribution in [1.29, 1.82) is 0 Å². The third-order valence-electron chi connectivity index (χ3n) is 2.37. The van der Waals surface area contributed by atoms with Crippen LogP contribution in [0.1, 0.15) is 19.8 Å². The molecular weight excluding hydrogens is 120 g/mol. The molecule has 0 N–H and O–H groups in total. The fraction of sp³-hybridized carbons (Fsp3) is 0.400. The van der Waals surface area contributed by atoms with Crippen molar-refractivity contribution in [3.63, 3.8) is 0 Å². The van der Waals surface area contributed by atoms with Gasteiger partial charge in [-0.3, -0.25) is 0 Å². The maximum Gasteiger partial charge on any atom is 0.0285 e. The second kappa shape index (κ2) is 1.85. The fourth-order valence-electron chi connectivity index (χ4n) is 1.54. The molecule has 0 saturated heterocycles. The van der Waals surface area contributed by atoms with Crippen molar-refractivity contribution in [1.82, 2.24) is 0 Å². The van der Waals surface area contributed by atoms with Gasteiger partial charge in [0.05, 0.1) is 0 Å². The maximum absolute atomic E-state index is 2.38. The lowest BCUT2D eigenvalue weighted by atomic mass is 9.78. The highest BCUT2D eigenvalue weighted by atomic mass is 14.3. The van der Waals surface area contributed by atoms with E-state index in [1.54, 1.807) is 0 Å². The van der Waals surface area contributed by atoms with Crippen LogP contribution in [-0.2, 0) is 0 Å². The molecular formula is C10H12. The molecule has 0 aromatic rings. The van der Waals surface area contributed by atoms with Gasteiger partial charge in [-0.05, 0) is 12.8 Å². The van der Waals surface area contributed by atoms with E-state index in [9.17, 15) is 0 Å². The SMILES string of the molecule is CCC1=CC2(C=CC2)C=C1. The van der Waals surface area contributed by atoms with Gasteiger partial charge in [-0.2, -0.15) is 0 Å². The summed E-state index contributed by atoms with van der Waals surface area (Å²) in [6, 6.07) is 0. The molecule has 0 amide bonds. The topological polar surface area (TPSA) is 0 Å². The highest BCUT2D eigenvalue weighted by Crippen LogP contribution is 2.41.